The molecule has 4 rings (SSSR count). The molecule has 0 aromatic carbocycles. The lowest BCUT2D eigenvalue weighted by Gasteiger charge is -2.39. The Morgan fingerprint density at radius 2 is 2.00 bits per heavy atom. The Bertz CT molecular complexity index is 1040. The molecule has 8 nitrogen and oxygen atoms in total. The van der Waals surface area contributed by atoms with Gasteiger partial charge < -0.3 is 25.4 Å². The SMILES string of the molecule is CNCC=CC(=O)N1CCC(N(CC2CC2)c2cc(-c3ccnc(NC)c3)c[nH]c2=O)CC1. The molecule has 2 aliphatic rings. The summed E-state index contributed by atoms with van der Waals surface area (Å²) in [5.41, 5.74) is 2.63. The minimum atomic E-state index is -0.0594. The van der Waals surface area contributed by atoms with E-state index in [1.54, 1.807) is 18.5 Å². The molecule has 0 unspecified atom stereocenters. The quantitative estimate of drug-likeness (QED) is 0.508. The Labute approximate surface area is 195 Å². The van der Waals surface area contributed by atoms with E-state index in [0.717, 1.165) is 42.0 Å². The summed E-state index contributed by atoms with van der Waals surface area (Å²) in [4.78, 5) is 36.8. The van der Waals surface area contributed by atoms with Crippen molar-refractivity contribution in [2.75, 3.05) is 50.5 Å². The number of rotatable bonds is 9. The lowest BCUT2D eigenvalue weighted by molar-refractivity contribution is -0.127. The Hall–Kier alpha value is -3.13. The van der Waals surface area contributed by atoms with Crippen LogP contribution in [0.2, 0.25) is 0 Å². The van der Waals surface area contributed by atoms with Crippen LogP contribution in [0.25, 0.3) is 11.1 Å². The van der Waals surface area contributed by atoms with Crippen molar-refractivity contribution in [3.63, 3.8) is 0 Å². The molecule has 0 radical (unpaired) electrons. The maximum Gasteiger partial charge on any atom is 0.271 e. The summed E-state index contributed by atoms with van der Waals surface area (Å²) in [5, 5.41) is 6.08. The van der Waals surface area contributed by atoms with Crippen molar-refractivity contribution in [2.24, 2.45) is 5.92 Å². The van der Waals surface area contributed by atoms with Crippen LogP contribution in [0.1, 0.15) is 25.7 Å². The predicted octanol–water partition coefficient (Wildman–Crippen LogP) is 2.46. The zero-order valence-electron chi connectivity index (χ0n) is 19.5. The third kappa shape index (κ3) is 5.82. The number of hydrogen-bond acceptors (Lipinski definition) is 6. The van der Waals surface area contributed by atoms with Crippen LogP contribution in [-0.2, 0) is 4.79 Å². The fourth-order valence-corrected chi connectivity index (χ4v) is 4.40. The largest absolute Gasteiger partial charge is 0.373 e. The first-order valence-electron chi connectivity index (χ1n) is 11.8. The van der Waals surface area contributed by atoms with Gasteiger partial charge in [0.15, 0.2) is 0 Å². The number of hydrogen-bond donors (Lipinski definition) is 3. The Kier molecular flexibility index (Phi) is 7.44. The third-order valence-corrected chi connectivity index (χ3v) is 6.49. The minimum Gasteiger partial charge on any atom is -0.373 e. The second-order valence-electron chi connectivity index (χ2n) is 8.89. The van der Waals surface area contributed by atoms with E-state index in [1.165, 1.54) is 12.8 Å². The van der Waals surface area contributed by atoms with Gasteiger partial charge in [-0.05, 0) is 62.4 Å². The van der Waals surface area contributed by atoms with E-state index in [0.29, 0.717) is 25.6 Å². The molecule has 1 aliphatic heterocycles. The van der Waals surface area contributed by atoms with Crippen molar-refractivity contribution in [1.29, 1.82) is 0 Å². The lowest BCUT2D eigenvalue weighted by atomic mass is 10.0. The minimum absolute atomic E-state index is 0.0594. The molecule has 2 aromatic rings. The summed E-state index contributed by atoms with van der Waals surface area (Å²) in [6.45, 7) is 3.00. The molecule has 0 bridgehead atoms. The molecule has 1 saturated heterocycles. The number of H-pyrrole nitrogens is 1. The zero-order valence-corrected chi connectivity index (χ0v) is 19.5. The van der Waals surface area contributed by atoms with Crippen LogP contribution in [0.4, 0.5) is 11.5 Å². The molecule has 3 N–H and O–H groups in total. The highest BCUT2D eigenvalue weighted by molar-refractivity contribution is 5.87. The van der Waals surface area contributed by atoms with Crippen molar-refractivity contribution in [1.82, 2.24) is 20.2 Å². The van der Waals surface area contributed by atoms with Gasteiger partial charge in [0.25, 0.3) is 5.56 Å². The van der Waals surface area contributed by atoms with Crippen LogP contribution in [0.3, 0.4) is 0 Å². The number of carbonyl (C=O) groups excluding carboxylic acids is 1. The van der Waals surface area contributed by atoms with E-state index in [2.05, 4.69) is 25.5 Å². The number of pyridine rings is 2. The van der Waals surface area contributed by atoms with Crippen LogP contribution in [0, 0.1) is 5.92 Å². The average Bonchev–Trinajstić information content (AvgIpc) is 3.67. The number of nitrogens with zero attached hydrogens (tertiary/aromatic N) is 3. The molecule has 176 valence electrons. The molecule has 0 spiro atoms. The first-order valence-corrected chi connectivity index (χ1v) is 11.8. The number of aromatic amines is 1. The van der Waals surface area contributed by atoms with Crippen molar-refractivity contribution in [3.8, 4) is 11.1 Å². The van der Waals surface area contributed by atoms with Crippen molar-refractivity contribution < 1.29 is 4.79 Å². The highest BCUT2D eigenvalue weighted by Crippen LogP contribution is 2.34. The monoisotopic (exact) mass is 450 g/mol. The first kappa shape index (κ1) is 23.0. The number of carbonyl (C=O) groups is 1. The molecule has 1 amide bonds. The van der Waals surface area contributed by atoms with Gasteiger partial charge >= 0.3 is 0 Å². The fourth-order valence-electron chi connectivity index (χ4n) is 4.40. The number of likely N-dealkylation sites (N-methyl/N-ethyl adjacent to an activating group) is 1. The normalized spacial score (nSPS) is 16.8. The van der Waals surface area contributed by atoms with Gasteiger partial charge in [-0.1, -0.05) is 6.08 Å². The summed E-state index contributed by atoms with van der Waals surface area (Å²) < 4.78 is 0. The average molecular weight is 451 g/mol. The highest BCUT2D eigenvalue weighted by atomic mass is 16.2. The van der Waals surface area contributed by atoms with Gasteiger partial charge in [-0.3, -0.25) is 9.59 Å². The van der Waals surface area contributed by atoms with E-state index in [-0.39, 0.29) is 17.5 Å². The van der Waals surface area contributed by atoms with Gasteiger partial charge in [-0.2, -0.15) is 0 Å². The highest BCUT2D eigenvalue weighted by Gasteiger charge is 2.32. The van der Waals surface area contributed by atoms with E-state index < -0.39 is 0 Å². The standard InChI is InChI=1S/C25H34N6O2/c1-26-10-3-4-24(32)30-12-8-21(9-13-30)31(17-18-5-6-18)22-14-20(16-29-25(22)33)19-7-11-28-23(15-19)27-2/h3-4,7,11,14-16,18,21,26H,5-6,8-10,12-13,17H2,1-2H3,(H,27,28)(H,29,33). The Morgan fingerprint density at radius 1 is 1.21 bits per heavy atom. The summed E-state index contributed by atoms with van der Waals surface area (Å²) >= 11 is 0. The molecule has 33 heavy (non-hydrogen) atoms. The molecule has 2 aromatic heterocycles. The van der Waals surface area contributed by atoms with E-state index in [9.17, 15) is 9.59 Å². The first-order chi connectivity index (χ1) is 16.1. The summed E-state index contributed by atoms with van der Waals surface area (Å²) in [7, 11) is 3.70. The molecule has 1 aliphatic carbocycles. The Balaban J connectivity index is 1.53. The fraction of sp³-hybridized carbons (Fsp3) is 0.480. The van der Waals surface area contributed by atoms with E-state index in [1.807, 2.05) is 43.3 Å². The molecule has 1 saturated carbocycles. The summed E-state index contributed by atoms with van der Waals surface area (Å²) in [6, 6.07) is 6.19. The van der Waals surface area contributed by atoms with Gasteiger partial charge in [0, 0.05) is 63.3 Å². The van der Waals surface area contributed by atoms with Crippen LogP contribution in [0.15, 0.2) is 47.5 Å². The molecule has 8 heteroatoms. The topological polar surface area (TPSA) is 93.4 Å². The number of amides is 1. The summed E-state index contributed by atoms with van der Waals surface area (Å²) in [6.07, 6.45) is 11.2. The van der Waals surface area contributed by atoms with Crippen LogP contribution in [-0.4, -0.2) is 67.1 Å². The maximum atomic E-state index is 12.9. The zero-order chi connectivity index (χ0) is 23.2. The maximum absolute atomic E-state index is 12.9. The molecule has 2 fully saturated rings. The van der Waals surface area contributed by atoms with Gasteiger partial charge in [0.2, 0.25) is 5.91 Å². The van der Waals surface area contributed by atoms with Crippen LogP contribution >= 0.6 is 0 Å². The molecule has 0 atom stereocenters. The second kappa shape index (κ2) is 10.7. The number of aromatic nitrogens is 2. The number of piperidine rings is 1. The van der Waals surface area contributed by atoms with E-state index >= 15 is 0 Å². The second-order valence-corrected chi connectivity index (χ2v) is 8.89. The number of anilines is 2. The third-order valence-electron chi connectivity index (χ3n) is 6.49. The van der Waals surface area contributed by atoms with Crippen LogP contribution < -0.4 is 21.1 Å². The van der Waals surface area contributed by atoms with Gasteiger partial charge in [0.1, 0.15) is 11.5 Å². The molecular formula is C25H34N6O2. The van der Waals surface area contributed by atoms with Crippen LogP contribution in [0.5, 0.6) is 0 Å². The van der Waals surface area contributed by atoms with E-state index in [4.69, 9.17) is 0 Å². The summed E-state index contributed by atoms with van der Waals surface area (Å²) in [5.74, 6) is 1.50. The van der Waals surface area contributed by atoms with Crippen molar-refractivity contribution >= 4 is 17.4 Å². The predicted molar refractivity (Wildman–Crippen MR) is 133 cm³/mol. The van der Waals surface area contributed by atoms with Gasteiger partial charge in [-0.25, -0.2) is 4.98 Å². The Morgan fingerprint density at radius 3 is 2.70 bits per heavy atom. The number of nitrogens with one attached hydrogen (secondary N) is 3. The number of likely N-dealkylation sites (tertiary alicyclic amines) is 1. The van der Waals surface area contributed by atoms with Crippen molar-refractivity contribution in [2.45, 2.75) is 31.7 Å². The van der Waals surface area contributed by atoms with Gasteiger partial charge in [-0.15, -0.1) is 0 Å². The van der Waals surface area contributed by atoms with Crippen molar-refractivity contribution in [3.05, 3.63) is 53.1 Å². The molecular weight excluding hydrogens is 416 g/mol. The van der Waals surface area contributed by atoms with Gasteiger partial charge in [0.05, 0.1) is 0 Å². The molecule has 3 heterocycles. The smallest absolute Gasteiger partial charge is 0.271 e. The lowest BCUT2D eigenvalue weighted by Crippen LogP contribution is -2.48.